The largest absolute Gasteiger partial charge is 0.494 e. The highest BCUT2D eigenvalue weighted by atomic mass is 16.5. The Bertz CT molecular complexity index is 1150. The number of hydrazone groups is 1. The van der Waals surface area contributed by atoms with Gasteiger partial charge in [0.25, 0.3) is 11.8 Å². The molecule has 0 fully saturated rings. The van der Waals surface area contributed by atoms with Crippen molar-refractivity contribution < 1.29 is 23.9 Å². The average Bonchev–Trinajstić information content (AvgIpc) is 2.84. The quantitative estimate of drug-likeness (QED) is 0.221. The molecule has 0 saturated carbocycles. The van der Waals surface area contributed by atoms with Gasteiger partial charge < -0.3 is 14.8 Å². The predicted molar refractivity (Wildman–Crippen MR) is 128 cm³/mol. The lowest BCUT2D eigenvalue weighted by molar-refractivity contribution is -0.120. The number of ether oxygens (including phenoxy) is 2. The molecule has 0 spiro atoms. The predicted octanol–water partition coefficient (Wildman–Crippen LogP) is 3.49. The molecule has 8 nitrogen and oxygen atoms in total. The normalized spacial score (nSPS) is 10.5. The van der Waals surface area contributed by atoms with Crippen LogP contribution in [0.25, 0.3) is 0 Å². The molecule has 2 amide bonds. The summed E-state index contributed by atoms with van der Waals surface area (Å²) in [5.41, 5.74) is 4.96. The first kappa shape index (κ1) is 24.2. The lowest BCUT2D eigenvalue weighted by atomic mass is 10.1. The first-order chi connectivity index (χ1) is 16.4. The second kappa shape index (κ2) is 12.0. The molecule has 0 aliphatic rings. The second-order valence-electron chi connectivity index (χ2n) is 7.26. The molecule has 3 aromatic carbocycles. The van der Waals surface area contributed by atoms with Crippen molar-refractivity contribution in [2.75, 3.05) is 13.2 Å². The van der Waals surface area contributed by atoms with Gasteiger partial charge in [0.2, 0.25) is 0 Å². The zero-order chi connectivity index (χ0) is 24.3. The van der Waals surface area contributed by atoms with Crippen molar-refractivity contribution in [3.05, 3.63) is 95.1 Å². The number of aryl methyl sites for hydroxylation is 1. The number of carbonyl (C=O) groups excluding carboxylic acids is 3. The van der Waals surface area contributed by atoms with Crippen LogP contribution in [-0.2, 0) is 4.79 Å². The molecule has 0 aromatic heterocycles. The van der Waals surface area contributed by atoms with E-state index in [0.29, 0.717) is 34.8 Å². The van der Waals surface area contributed by atoms with Gasteiger partial charge in [0.05, 0.1) is 24.9 Å². The molecule has 2 N–H and O–H groups in total. The van der Waals surface area contributed by atoms with E-state index in [1.807, 2.05) is 26.0 Å². The molecule has 34 heavy (non-hydrogen) atoms. The molecule has 0 aliphatic carbocycles. The second-order valence-corrected chi connectivity index (χ2v) is 7.26. The van der Waals surface area contributed by atoms with Gasteiger partial charge in [-0.3, -0.25) is 9.59 Å². The van der Waals surface area contributed by atoms with Crippen molar-refractivity contribution in [1.82, 2.24) is 10.7 Å². The topological polar surface area (TPSA) is 106 Å². The van der Waals surface area contributed by atoms with Crippen LogP contribution in [0, 0.1) is 6.92 Å². The molecular formula is C26H25N3O5. The summed E-state index contributed by atoms with van der Waals surface area (Å²) in [7, 11) is 0. The van der Waals surface area contributed by atoms with Gasteiger partial charge in [-0.05, 0) is 80.1 Å². The average molecular weight is 460 g/mol. The number of benzene rings is 3. The van der Waals surface area contributed by atoms with E-state index in [0.717, 1.165) is 5.56 Å². The standard InChI is InChI=1S/C26H25N3O5/c1-3-33-22-14-10-21(11-15-22)26(32)34-23-12-6-19(7-13-23)16-28-29-24(30)17-27-25(31)20-8-4-18(2)5-9-20/h4-16H,3,17H2,1-2H3,(H,27,31)(H,29,30)/b28-16+. The number of rotatable bonds is 9. The highest BCUT2D eigenvalue weighted by Gasteiger charge is 2.09. The number of esters is 1. The van der Waals surface area contributed by atoms with Gasteiger partial charge in [0.15, 0.2) is 0 Å². The van der Waals surface area contributed by atoms with Crippen LogP contribution in [0.2, 0.25) is 0 Å². The van der Waals surface area contributed by atoms with Gasteiger partial charge in [-0.1, -0.05) is 17.7 Å². The number of hydrogen-bond donors (Lipinski definition) is 2. The summed E-state index contributed by atoms with van der Waals surface area (Å²) in [6.07, 6.45) is 1.44. The molecule has 0 radical (unpaired) electrons. The SMILES string of the molecule is CCOc1ccc(C(=O)Oc2ccc(/C=N/NC(=O)CNC(=O)c3ccc(C)cc3)cc2)cc1. The van der Waals surface area contributed by atoms with Crippen LogP contribution < -0.4 is 20.2 Å². The Morgan fingerprint density at radius 1 is 0.853 bits per heavy atom. The number of hydrogen-bond acceptors (Lipinski definition) is 6. The van der Waals surface area contributed by atoms with Crippen LogP contribution in [0.3, 0.4) is 0 Å². The summed E-state index contributed by atoms with van der Waals surface area (Å²) >= 11 is 0. The van der Waals surface area contributed by atoms with E-state index in [-0.39, 0.29) is 12.5 Å². The molecule has 174 valence electrons. The Morgan fingerprint density at radius 3 is 2.12 bits per heavy atom. The molecule has 3 aromatic rings. The highest BCUT2D eigenvalue weighted by molar-refractivity contribution is 5.96. The molecule has 0 bridgehead atoms. The number of nitrogens with one attached hydrogen (secondary N) is 2. The maximum atomic E-state index is 12.3. The molecule has 0 aliphatic heterocycles. The van der Waals surface area contributed by atoms with Crippen LogP contribution in [0.5, 0.6) is 11.5 Å². The minimum absolute atomic E-state index is 0.204. The maximum absolute atomic E-state index is 12.3. The van der Waals surface area contributed by atoms with E-state index in [1.165, 1.54) is 6.21 Å². The van der Waals surface area contributed by atoms with Crippen LogP contribution >= 0.6 is 0 Å². The van der Waals surface area contributed by atoms with Gasteiger partial charge in [-0.15, -0.1) is 0 Å². The fourth-order valence-electron chi connectivity index (χ4n) is 2.83. The minimum Gasteiger partial charge on any atom is -0.494 e. The van der Waals surface area contributed by atoms with Crippen molar-refractivity contribution in [3.8, 4) is 11.5 Å². The van der Waals surface area contributed by atoms with Crippen LogP contribution in [0.4, 0.5) is 0 Å². The lowest BCUT2D eigenvalue weighted by Crippen LogP contribution is -2.34. The number of carbonyl (C=O) groups is 3. The fourth-order valence-corrected chi connectivity index (χ4v) is 2.83. The third kappa shape index (κ3) is 7.30. The van der Waals surface area contributed by atoms with Gasteiger partial charge in [-0.25, -0.2) is 10.2 Å². The fraction of sp³-hybridized carbons (Fsp3) is 0.154. The van der Waals surface area contributed by atoms with E-state index in [4.69, 9.17) is 9.47 Å². The summed E-state index contributed by atoms with van der Waals surface area (Å²) in [6, 6.07) is 20.4. The first-order valence-corrected chi connectivity index (χ1v) is 10.7. The summed E-state index contributed by atoms with van der Waals surface area (Å²) in [4.78, 5) is 36.2. The van der Waals surface area contributed by atoms with Crippen molar-refractivity contribution in [2.45, 2.75) is 13.8 Å². The van der Waals surface area contributed by atoms with E-state index in [1.54, 1.807) is 60.7 Å². The van der Waals surface area contributed by atoms with Crippen molar-refractivity contribution in [2.24, 2.45) is 5.10 Å². The Balaban J connectivity index is 1.44. The summed E-state index contributed by atoms with van der Waals surface area (Å²) in [6.45, 7) is 4.16. The van der Waals surface area contributed by atoms with E-state index in [9.17, 15) is 14.4 Å². The molecule has 0 unspecified atom stereocenters. The first-order valence-electron chi connectivity index (χ1n) is 10.7. The summed E-state index contributed by atoms with van der Waals surface area (Å²) < 4.78 is 10.7. The van der Waals surface area contributed by atoms with Crippen molar-refractivity contribution >= 4 is 24.0 Å². The Hall–Kier alpha value is -4.46. The number of amides is 2. The number of nitrogens with zero attached hydrogens (tertiary/aromatic N) is 1. The summed E-state index contributed by atoms with van der Waals surface area (Å²) in [5, 5.41) is 6.40. The molecular weight excluding hydrogens is 434 g/mol. The molecule has 8 heteroatoms. The van der Waals surface area contributed by atoms with Crippen molar-refractivity contribution in [3.63, 3.8) is 0 Å². The molecule has 0 atom stereocenters. The maximum Gasteiger partial charge on any atom is 0.343 e. The van der Waals surface area contributed by atoms with Crippen LogP contribution in [-0.4, -0.2) is 37.1 Å². The van der Waals surface area contributed by atoms with Gasteiger partial charge >= 0.3 is 5.97 Å². The smallest absolute Gasteiger partial charge is 0.343 e. The monoisotopic (exact) mass is 459 g/mol. The molecule has 0 heterocycles. The lowest BCUT2D eigenvalue weighted by Gasteiger charge is -2.06. The van der Waals surface area contributed by atoms with E-state index in [2.05, 4.69) is 15.8 Å². The Morgan fingerprint density at radius 2 is 1.47 bits per heavy atom. The van der Waals surface area contributed by atoms with Crippen LogP contribution in [0.1, 0.15) is 38.8 Å². The third-order valence-electron chi connectivity index (χ3n) is 4.62. The van der Waals surface area contributed by atoms with E-state index < -0.39 is 11.9 Å². The highest BCUT2D eigenvalue weighted by Crippen LogP contribution is 2.16. The van der Waals surface area contributed by atoms with Crippen LogP contribution in [0.15, 0.2) is 77.9 Å². The molecule has 3 rings (SSSR count). The third-order valence-corrected chi connectivity index (χ3v) is 4.62. The molecule has 0 saturated heterocycles. The van der Waals surface area contributed by atoms with Gasteiger partial charge in [0.1, 0.15) is 11.5 Å². The zero-order valence-corrected chi connectivity index (χ0v) is 18.9. The van der Waals surface area contributed by atoms with Crippen molar-refractivity contribution in [1.29, 1.82) is 0 Å². The van der Waals surface area contributed by atoms with Gasteiger partial charge in [-0.2, -0.15) is 5.10 Å². The zero-order valence-electron chi connectivity index (χ0n) is 18.9. The van der Waals surface area contributed by atoms with E-state index >= 15 is 0 Å². The summed E-state index contributed by atoms with van der Waals surface area (Å²) in [5.74, 6) is -0.223. The van der Waals surface area contributed by atoms with Gasteiger partial charge in [0, 0.05) is 5.56 Å². The Labute approximate surface area is 197 Å². The Kier molecular flexibility index (Phi) is 8.51. The minimum atomic E-state index is -0.482.